The van der Waals surface area contributed by atoms with Crippen LogP contribution in [0.15, 0.2) is 60.8 Å². The Hall–Kier alpha value is -3.98. The second-order valence-electron chi connectivity index (χ2n) is 9.12. The molecule has 0 unspecified atom stereocenters. The van der Waals surface area contributed by atoms with Crippen LogP contribution in [0.2, 0.25) is 0 Å². The number of carbonyl (C=O) groups excluding carboxylic acids is 2. The van der Waals surface area contributed by atoms with Gasteiger partial charge in [0.05, 0.1) is 5.69 Å². The van der Waals surface area contributed by atoms with E-state index >= 15 is 0 Å². The normalized spacial score (nSPS) is 13.4. The van der Waals surface area contributed by atoms with Gasteiger partial charge in [-0.25, -0.2) is 9.97 Å². The molecule has 194 valence electrons. The molecular weight excluding hydrogens is 466 g/mol. The van der Waals surface area contributed by atoms with E-state index in [1.807, 2.05) is 54.4 Å². The SMILES string of the molecule is CNCCCCC(=O)Nc1ccc(-c2ccnc(Nc3ccc(N4CCN(C(C)=O)CC4)cc3)n2)cc1. The van der Waals surface area contributed by atoms with Gasteiger partial charge in [-0.1, -0.05) is 12.1 Å². The van der Waals surface area contributed by atoms with Crippen molar-refractivity contribution in [1.29, 1.82) is 0 Å². The third-order valence-corrected chi connectivity index (χ3v) is 6.41. The summed E-state index contributed by atoms with van der Waals surface area (Å²) in [5, 5.41) is 9.32. The third-order valence-electron chi connectivity index (χ3n) is 6.41. The Kier molecular flexibility index (Phi) is 9.04. The van der Waals surface area contributed by atoms with Crippen molar-refractivity contribution in [3.05, 3.63) is 60.8 Å². The highest BCUT2D eigenvalue weighted by atomic mass is 16.2. The second-order valence-corrected chi connectivity index (χ2v) is 9.12. The molecule has 37 heavy (non-hydrogen) atoms. The summed E-state index contributed by atoms with van der Waals surface area (Å²) in [6.07, 6.45) is 4.09. The maximum absolute atomic E-state index is 12.1. The number of hydrogen-bond acceptors (Lipinski definition) is 7. The molecule has 0 bridgehead atoms. The van der Waals surface area contributed by atoms with Crippen molar-refractivity contribution in [1.82, 2.24) is 20.2 Å². The van der Waals surface area contributed by atoms with E-state index in [2.05, 4.69) is 43.0 Å². The van der Waals surface area contributed by atoms with Gasteiger partial charge in [-0.15, -0.1) is 0 Å². The molecule has 3 aromatic rings. The quantitative estimate of drug-likeness (QED) is 0.362. The van der Waals surface area contributed by atoms with E-state index in [1.165, 1.54) is 0 Å². The monoisotopic (exact) mass is 501 g/mol. The second kappa shape index (κ2) is 12.8. The highest BCUT2D eigenvalue weighted by Crippen LogP contribution is 2.24. The van der Waals surface area contributed by atoms with Crippen LogP contribution in [0.3, 0.4) is 0 Å². The standard InChI is InChI=1S/C28H35N7O2/c1-21(36)34-17-19-35(20-18-34)25-12-10-24(11-13-25)32-28-30-16-14-26(33-28)22-6-8-23(9-7-22)31-27(37)5-3-4-15-29-2/h6-14,16,29H,3-5,15,17-20H2,1-2H3,(H,31,37)(H,30,32,33). The fraction of sp³-hybridized carbons (Fsp3) is 0.357. The van der Waals surface area contributed by atoms with Crippen molar-refractivity contribution >= 4 is 34.8 Å². The minimum Gasteiger partial charge on any atom is -0.368 e. The van der Waals surface area contributed by atoms with Crippen LogP contribution >= 0.6 is 0 Å². The first kappa shape index (κ1) is 26.1. The number of aromatic nitrogens is 2. The Morgan fingerprint density at radius 3 is 2.27 bits per heavy atom. The number of rotatable bonds is 10. The number of hydrogen-bond donors (Lipinski definition) is 3. The zero-order valence-electron chi connectivity index (χ0n) is 21.5. The fourth-order valence-electron chi connectivity index (χ4n) is 4.28. The van der Waals surface area contributed by atoms with E-state index < -0.39 is 0 Å². The lowest BCUT2D eigenvalue weighted by molar-refractivity contribution is -0.129. The van der Waals surface area contributed by atoms with Crippen molar-refractivity contribution in [3.63, 3.8) is 0 Å². The van der Waals surface area contributed by atoms with Gasteiger partial charge in [-0.2, -0.15) is 0 Å². The van der Waals surface area contributed by atoms with Crippen molar-refractivity contribution in [2.75, 3.05) is 55.3 Å². The number of benzene rings is 2. The Morgan fingerprint density at radius 2 is 1.59 bits per heavy atom. The van der Waals surface area contributed by atoms with Crippen molar-refractivity contribution < 1.29 is 9.59 Å². The van der Waals surface area contributed by atoms with E-state index in [0.717, 1.165) is 73.9 Å². The highest BCUT2D eigenvalue weighted by Gasteiger charge is 2.18. The molecule has 0 spiro atoms. The topological polar surface area (TPSA) is 102 Å². The van der Waals surface area contributed by atoms with Crippen LogP contribution in [0.5, 0.6) is 0 Å². The van der Waals surface area contributed by atoms with Crippen LogP contribution in [0, 0.1) is 0 Å². The van der Waals surface area contributed by atoms with E-state index in [0.29, 0.717) is 12.4 Å². The van der Waals surface area contributed by atoms with Crippen molar-refractivity contribution in [2.45, 2.75) is 26.2 Å². The minimum atomic E-state index is 0.0294. The lowest BCUT2D eigenvalue weighted by atomic mass is 10.1. The maximum atomic E-state index is 12.1. The maximum Gasteiger partial charge on any atom is 0.227 e. The first-order chi connectivity index (χ1) is 18.0. The van der Waals surface area contributed by atoms with Gasteiger partial charge in [0.2, 0.25) is 17.8 Å². The van der Waals surface area contributed by atoms with E-state index in [9.17, 15) is 9.59 Å². The van der Waals surface area contributed by atoms with Gasteiger partial charge in [-0.05, 0) is 68.9 Å². The summed E-state index contributed by atoms with van der Waals surface area (Å²) in [7, 11) is 1.91. The largest absolute Gasteiger partial charge is 0.368 e. The summed E-state index contributed by atoms with van der Waals surface area (Å²) >= 11 is 0. The van der Waals surface area contributed by atoms with Crippen LogP contribution in [-0.4, -0.2) is 66.5 Å². The summed E-state index contributed by atoms with van der Waals surface area (Å²) in [6.45, 7) is 5.70. The van der Waals surface area contributed by atoms with Crippen molar-refractivity contribution in [2.24, 2.45) is 0 Å². The fourth-order valence-corrected chi connectivity index (χ4v) is 4.28. The molecule has 0 aliphatic carbocycles. The average molecular weight is 502 g/mol. The number of unbranched alkanes of at least 4 members (excludes halogenated alkanes) is 1. The highest BCUT2D eigenvalue weighted by molar-refractivity contribution is 5.90. The minimum absolute atomic E-state index is 0.0294. The Bertz CT molecular complexity index is 1170. The van der Waals surface area contributed by atoms with Gasteiger partial charge in [0, 0.05) is 68.3 Å². The molecule has 1 aliphatic rings. The molecule has 9 heteroatoms. The van der Waals surface area contributed by atoms with E-state index in [1.54, 1.807) is 13.1 Å². The average Bonchev–Trinajstić information content (AvgIpc) is 2.92. The van der Waals surface area contributed by atoms with Crippen LogP contribution in [0.1, 0.15) is 26.2 Å². The van der Waals surface area contributed by atoms with Gasteiger partial charge in [0.1, 0.15) is 0 Å². The predicted octanol–water partition coefficient (Wildman–Crippen LogP) is 3.88. The summed E-state index contributed by atoms with van der Waals surface area (Å²) in [5.41, 5.74) is 4.54. The summed E-state index contributed by atoms with van der Waals surface area (Å²) in [6, 6.07) is 17.7. The molecule has 0 saturated carbocycles. The van der Waals surface area contributed by atoms with Crippen LogP contribution in [0.4, 0.5) is 23.0 Å². The summed E-state index contributed by atoms with van der Waals surface area (Å²) < 4.78 is 0. The predicted molar refractivity (Wildman–Crippen MR) is 148 cm³/mol. The number of anilines is 4. The molecule has 2 heterocycles. The molecule has 9 nitrogen and oxygen atoms in total. The van der Waals surface area contributed by atoms with Gasteiger partial charge in [-0.3, -0.25) is 9.59 Å². The first-order valence-electron chi connectivity index (χ1n) is 12.8. The number of nitrogens with zero attached hydrogens (tertiary/aromatic N) is 4. The zero-order valence-corrected chi connectivity index (χ0v) is 21.5. The Morgan fingerprint density at radius 1 is 0.892 bits per heavy atom. The smallest absolute Gasteiger partial charge is 0.227 e. The number of nitrogens with one attached hydrogen (secondary N) is 3. The van der Waals surface area contributed by atoms with Gasteiger partial charge < -0.3 is 25.8 Å². The van der Waals surface area contributed by atoms with Crippen LogP contribution < -0.4 is 20.9 Å². The molecule has 1 aliphatic heterocycles. The van der Waals surface area contributed by atoms with Crippen LogP contribution in [0.25, 0.3) is 11.3 Å². The summed E-state index contributed by atoms with van der Waals surface area (Å²) in [4.78, 5) is 36.9. The molecule has 1 aromatic heterocycles. The molecular formula is C28H35N7O2. The van der Waals surface area contributed by atoms with Gasteiger partial charge in [0.25, 0.3) is 0 Å². The molecule has 0 radical (unpaired) electrons. The number of carbonyl (C=O) groups is 2. The van der Waals surface area contributed by atoms with Crippen molar-refractivity contribution in [3.8, 4) is 11.3 Å². The molecule has 2 amide bonds. The molecule has 1 saturated heterocycles. The number of amides is 2. The lowest BCUT2D eigenvalue weighted by Gasteiger charge is -2.35. The Labute approximate surface area is 218 Å². The molecule has 2 aromatic carbocycles. The van der Waals surface area contributed by atoms with Crippen LogP contribution in [-0.2, 0) is 9.59 Å². The van der Waals surface area contributed by atoms with Gasteiger partial charge >= 0.3 is 0 Å². The molecule has 4 rings (SSSR count). The molecule has 1 fully saturated rings. The zero-order chi connectivity index (χ0) is 26.0. The summed E-state index contributed by atoms with van der Waals surface area (Å²) in [5.74, 6) is 0.677. The Balaban J connectivity index is 1.32. The molecule has 3 N–H and O–H groups in total. The van der Waals surface area contributed by atoms with E-state index in [4.69, 9.17) is 0 Å². The van der Waals surface area contributed by atoms with Gasteiger partial charge in [0.15, 0.2) is 0 Å². The first-order valence-corrected chi connectivity index (χ1v) is 12.8. The lowest BCUT2D eigenvalue weighted by Crippen LogP contribution is -2.48. The third kappa shape index (κ3) is 7.50. The van der Waals surface area contributed by atoms with E-state index in [-0.39, 0.29) is 11.8 Å². The molecule has 0 atom stereocenters. The number of piperazine rings is 1.